The summed E-state index contributed by atoms with van der Waals surface area (Å²) in [6.07, 6.45) is 39.3. The molecule has 0 bridgehead atoms. The molecule has 0 aromatic heterocycles. The van der Waals surface area contributed by atoms with Gasteiger partial charge in [0, 0.05) is 11.1 Å². The number of hydrogen-bond donors (Lipinski definition) is 0. The molecule has 0 radical (unpaired) electrons. The summed E-state index contributed by atoms with van der Waals surface area (Å²) in [6, 6.07) is 19.3. The van der Waals surface area contributed by atoms with Crippen LogP contribution in [0.2, 0.25) is 0 Å². The molecular formula is C52H94Cl2N2. The summed E-state index contributed by atoms with van der Waals surface area (Å²) < 4.78 is 2.40. The van der Waals surface area contributed by atoms with Crippen LogP contribution in [0.15, 0.2) is 48.5 Å². The molecular weight excluding hydrogens is 723 g/mol. The predicted molar refractivity (Wildman–Crippen MR) is 243 cm³/mol. The summed E-state index contributed by atoms with van der Waals surface area (Å²) in [5, 5.41) is 0. The van der Waals surface area contributed by atoms with E-state index >= 15 is 0 Å². The van der Waals surface area contributed by atoms with Gasteiger partial charge in [0.15, 0.2) is 0 Å². The summed E-state index contributed by atoms with van der Waals surface area (Å²) in [5.74, 6) is 0. The Bertz CT molecular complexity index is 1030. The van der Waals surface area contributed by atoms with Gasteiger partial charge in [0.05, 0.1) is 40.3 Å². The van der Waals surface area contributed by atoms with Crippen molar-refractivity contribution in [2.45, 2.75) is 221 Å². The minimum Gasteiger partial charge on any atom is -1.00 e. The average molecular weight is 818 g/mol. The maximum atomic E-state index is 2.54. The highest BCUT2D eigenvalue weighted by Crippen LogP contribution is 2.25. The maximum absolute atomic E-state index is 2.54. The Labute approximate surface area is 363 Å². The lowest BCUT2D eigenvalue weighted by Crippen LogP contribution is -3.00. The van der Waals surface area contributed by atoms with Crippen LogP contribution in [0.25, 0.3) is 11.1 Å². The van der Waals surface area contributed by atoms with Gasteiger partial charge in [0.25, 0.3) is 0 Å². The van der Waals surface area contributed by atoms with E-state index in [4.69, 9.17) is 0 Å². The lowest BCUT2D eigenvalue weighted by atomic mass is 10.0. The molecule has 2 rings (SSSR count). The Hall–Kier alpha value is -1.06. The van der Waals surface area contributed by atoms with Gasteiger partial charge >= 0.3 is 0 Å². The van der Waals surface area contributed by atoms with E-state index < -0.39 is 0 Å². The third-order valence-electron chi connectivity index (χ3n) is 12.6. The molecule has 0 aliphatic heterocycles. The van der Waals surface area contributed by atoms with Gasteiger partial charge in [-0.2, -0.15) is 0 Å². The van der Waals surface area contributed by atoms with Crippen LogP contribution >= 0.6 is 0 Å². The highest BCUT2D eigenvalue weighted by Gasteiger charge is 2.23. The van der Waals surface area contributed by atoms with Crippen molar-refractivity contribution in [2.75, 3.05) is 40.3 Å². The molecule has 0 heterocycles. The molecule has 2 aromatic carbocycles. The van der Waals surface area contributed by atoms with Crippen LogP contribution < -0.4 is 24.8 Å². The first-order chi connectivity index (χ1) is 26.4. The van der Waals surface area contributed by atoms with Gasteiger partial charge in [-0.15, -0.1) is 0 Å². The van der Waals surface area contributed by atoms with Crippen LogP contribution in [0.5, 0.6) is 0 Å². The van der Waals surface area contributed by atoms with Crippen molar-refractivity contribution < 1.29 is 33.8 Å². The minimum absolute atomic E-state index is 0. The third-order valence-corrected chi connectivity index (χ3v) is 12.6. The zero-order chi connectivity index (χ0) is 39.0. The third kappa shape index (κ3) is 26.8. The van der Waals surface area contributed by atoms with Crippen LogP contribution in [0.3, 0.4) is 0 Å². The number of halogens is 2. The van der Waals surface area contributed by atoms with Gasteiger partial charge < -0.3 is 33.8 Å². The Morgan fingerprint density at radius 1 is 0.286 bits per heavy atom. The monoisotopic (exact) mass is 817 g/mol. The molecule has 0 aliphatic carbocycles. The van der Waals surface area contributed by atoms with E-state index in [1.54, 1.807) is 0 Å². The maximum Gasteiger partial charge on any atom is 0.104 e. The van der Waals surface area contributed by atoms with Crippen molar-refractivity contribution in [1.29, 1.82) is 0 Å². The van der Waals surface area contributed by atoms with Gasteiger partial charge in [-0.3, -0.25) is 0 Å². The average Bonchev–Trinajstić information content (AvgIpc) is 3.17. The second-order valence-corrected chi connectivity index (χ2v) is 18.3. The van der Waals surface area contributed by atoms with E-state index in [1.807, 2.05) is 0 Å². The van der Waals surface area contributed by atoms with E-state index in [0.29, 0.717) is 0 Å². The van der Waals surface area contributed by atoms with Crippen LogP contribution in [-0.2, 0) is 13.1 Å². The lowest BCUT2D eigenvalue weighted by Gasteiger charge is -2.35. The molecule has 0 aliphatic rings. The van der Waals surface area contributed by atoms with Crippen LogP contribution in [0.4, 0.5) is 0 Å². The van der Waals surface area contributed by atoms with Gasteiger partial charge in [-0.05, 0) is 62.5 Å². The fourth-order valence-corrected chi connectivity index (χ4v) is 8.83. The van der Waals surface area contributed by atoms with Gasteiger partial charge in [0.2, 0.25) is 0 Å². The van der Waals surface area contributed by atoms with E-state index in [1.165, 1.54) is 237 Å². The topological polar surface area (TPSA) is 0 Å². The van der Waals surface area contributed by atoms with Crippen molar-refractivity contribution in [3.63, 3.8) is 0 Å². The van der Waals surface area contributed by atoms with Crippen LogP contribution in [0.1, 0.15) is 219 Å². The van der Waals surface area contributed by atoms with Crippen molar-refractivity contribution in [1.82, 2.24) is 0 Å². The molecule has 4 heteroatoms. The molecule has 0 N–H and O–H groups in total. The molecule has 0 amide bonds. The van der Waals surface area contributed by atoms with Gasteiger partial charge in [-0.25, -0.2) is 0 Å². The predicted octanol–water partition coefficient (Wildman–Crippen LogP) is 10.3. The lowest BCUT2D eigenvalue weighted by molar-refractivity contribution is -0.923. The standard InChI is InChI=1S/C52H94N2.2ClH/c1-7-11-15-19-21-23-25-27-29-33-45-53(5,43-31-17-13-9-3)47-49-35-39-51(40-36-49)52-41-37-50(38-42-52)48-54(6,44-32-18-14-10-4)46-34-30-28-26-24-22-20-16-12-8-2;;/h35-42H,7-34,43-48H2,1-6H3;2*1H/q+2;;/p-2. The molecule has 2 unspecified atom stereocenters. The molecule has 0 saturated heterocycles. The largest absolute Gasteiger partial charge is 1.00 e. The second-order valence-electron chi connectivity index (χ2n) is 18.3. The van der Waals surface area contributed by atoms with Gasteiger partial charge in [0.1, 0.15) is 13.1 Å². The number of quaternary nitrogens is 2. The summed E-state index contributed by atoms with van der Waals surface area (Å²) in [6.45, 7) is 16.9. The van der Waals surface area contributed by atoms with Crippen molar-refractivity contribution in [3.8, 4) is 11.1 Å². The second kappa shape index (κ2) is 35.8. The Kier molecular flexibility index (Phi) is 35.2. The van der Waals surface area contributed by atoms with E-state index in [9.17, 15) is 0 Å². The summed E-state index contributed by atoms with van der Waals surface area (Å²) in [4.78, 5) is 0. The van der Waals surface area contributed by atoms with Crippen LogP contribution in [0, 0.1) is 0 Å². The Morgan fingerprint density at radius 2 is 0.482 bits per heavy atom. The molecule has 2 nitrogen and oxygen atoms in total. The van der Waals surface area contributed by atoms with E-state index in [0.717, 1.165) is 13.1 Å². The Morgan fingerprint density at radius 3 is 0.714 bits per heavy atom. The first-order valence-electron chi connectivity index (χ1n) is 24.2. The highest BCUT2D eigenvalue weighted by atomic mass is 35.5. The van der Waals surface area contributed by atoms with Crippen LogP contribution in [-0.4, -0.2) is 49.2 Å². The zero-order valence-electron chi connectivity index (χ0n) is 38.3. The molecule has 0 spiro atoms. The molecule has 326 valence electrons. The number of nitrogens with zero attached hydrogens (tertiary/aromatic N) is 2. The van der Waals surface area contributed by atoms with Gasteiger partial charge in [-0.1, -0.05) is 205 Å². The van der Waals surface area contributed by atoms with Crippen molar-refractivity contribution >= 4 is 0 Å². The number of unbranched alkanes of at least 4 members (excludes halogenated alkanes) is 24. The number of benzene rings is 2. The fraction of sp³-hybridized carbons (Fsp3) is 0.769. The molecule has 2 aromatic rings. The molecule has 2 atom stereocenters. The summed E-state index contributed by atoms with van der Waals surface area (Å²) in [5.41, 5.74) is 5.73. The highest BCUT2D eigenvalue weighted by molar-refractivity contribution is 5.63. The van der Waals surface area contributed by atoms with E-state index in [2.05, 4.69) is 90.3 Å². The Balaban J connectivity index is 0.0000151. The first kappa shape index (κ1) is 54.9. The number of rotatable bonds is 37. The zero-order valence-corrected chi connectivity index (χ0v) is 39.8. The smallest absolute Gasteiger partial charge is 0.104 e. The fourth-order valence-electron chi connectivity index (χ4n) is 8.83. The number of hydrogen-bond acceptors (Lipinski definition) is 0. The molecule has 0 saturated carbocycles. The normalized spacial score (nSPS) is 13.5. The first-order valence-corrected chi connectivity index (χ1v) is 24.2. The summed E-state index contributed by atoms with van der Waals surface area (Å²) >= 11 is 0. The van der Waals surface area contributed by atoms with Crippen molar-refractivity contribution in [2.24, 2.45) is 0 Å². The molecule has 0 fully saturated rings. The van der Waals surface area contributed by atoms with Crippen molar-refractivity contribution in [3.05, 3.63) is 59.7 Å². The van der Waals surface area contributed by atoms with E-state index in [-0.39, 0.29) is 24.8 Å². The SMILES string of the molecule is CCCCCCCCCCCC[N+](C)(CCCCCC)Cc1ccc(-c2ccc(C[N+](C)(CCCCCC)CCCCCCCCCCCC)cc2)cc1.[Cl-].[Cl-]. The minimum atomic E-state index is 0. The molecule has 56 heavy (non-hydrogen) atoms. The quantitative estimate of drug-likeness (QED) is 0.0471. The summed E-state index contributed by atoms with van der Waals surface area (Å²) in [7, 11) is 5.08.